The van der Waals surface area contributed by atoms with E-state index in [2.05, 4.69) is 32.6 Å². The maximum Gasteiger partial charge on any atom is 0.260 e. The van der Waals surface area contributed by atoms with Crippen molar-refractivity contribution in [2.45, 2.75) is 46.1 Å². The fourth-order valence-corrected chi connectivity index (χ4v) is 2.92. The van der Waals surface area contributed by atoms with E-state index in [9.17, 15) is 4.79 Å². The average molecular weight is 366 g/mol. The molecule has 1 fully saturated rings. The lowest BCUT2D eigenvalue weighted by molar-refractivity contribution is 0.102. The van der Waals surface area contributed by atoms with Gasteiger partial charge in [0, 0.05) is 11.2 Å². The Hall–Kier alpha value is -3.16. The van der Waals surface area contributed by atoms with Crippen LogP contribution in [0, 0.1) is 6.92 Å². The van der Waals surface area contributed by atoms with Crippen LogP contribution in [-0.2, 0) is 0 Å². The van der Waals surface area contributed by atoms with E-state index in [-0.39, 0.29) is 11.4 Å². The molecule has 1 amide bonds. The highest BCUT2D eigenvalue weighted by atomic mass is 16.3. The predicted molar refractivity (Wildman–Crippen MR) is 104 cm³/mol. The number of carbonyl (C=O) groups excluding carboxylic acids is 1. The molecule has 1 aliphatic rings. The Labute approximate surface area is 156 Å². The standard InChI is InChI=1S/C19H22N6O2/c1-5-11(2)25-9-13(8-22-25)23-17(26)14-12(3)27-18-15(14)16(20-10-21-18)24-19(4)6-7-19/h5,8-10H,6-7H2,1-4H3,(H,23,26)(H,20,21,24)/b11-5+. The second kappa shape index (κ2) is 6.22. The number of allylic oxidation sites excluding steroid dienone is 2. The number of carbonyl (C=O) groups is 1. The van der Waals surface area contributed by atoms with Crippen molar-refractivity contribution in [3.05, 3.63) is 36.1 Å². The van der Waals surface area contributed by atoms with E-state index >= 15 is 0 Å². The van der Waals surface area contributed by atoms with E-state index in [1.165, 1.54) is 6.33 Å². The van der Waals surface area contributed by atoms with Gasteiger partial charge in [0.1, 0.15) is 17.9 Å². The highest BCUT2D eigenvalue weighted by Crippen LogP contribution is 2.40. The summed E-state index contributed by atoms with van der Waals surface area (Å²) in [5, 5.41) is 11.2. The topological polar surface area (TPSA) is 97.9 Å². The molecule has 0 aromatic carbocycles. The fourth-order valence-electron chi connectivity index (χ4n) is 2.92. The van der Waals surface area contributed by atoms with E-state index in [1.807, 2.05) is 19.9 Å². The Morgan fingerprint density at radius 2 is 2.15 bits per heavy atom. The molecule has 0 saturated heterocycles. The Balaban J connectivity index is 1.69. The lowest BCUT2D eigenvalue weighted by atomic mass is 10.1. The highest BCUT2D eigenvalue weighted by Gasteiger charge is 2.38. The summed E-state index contributed by atoms with van der Waals surface area (Å²) >= 11 is 0. The number of hydrogen-bond donors (Lipinski definition) is 2. The summed E-state index contributed by atoms with van der Waals surface area (Å²) in [5.74, 6) is 0.856. The minimum atomic E-state index is -0.275. The van der Waals surface area contributed by atoms with Gasteiger partial charge in [-0.15, -0.1) is 0 Å². The molecule has 3 aromatic rings. The van der Waals surface area contributed by atoms with Crippen LogP contribution in [-0.4, -0.2) is 31.2 Å². The van der Waals surface area contributed by atoms with E-state index in [4.69, 9.17) is 4.42 Å². The second-order valence-corrected chi connectivity index (χ2v) is 7.18. The van der Waals surface area contributed by atoms with Crippen LogP contribution >= 0.6 is 0 Å². The molecule has 3 aromatic heterocycles. The van der Waals surface area contributed by atoms with Crippen LogP contribution in [0.25, 0.3) is 16.8 Å². The van der Waals surface area contributed by atoms with Crippen LogP contribution in [0.15, 0.2) is 29.2 Å². The lowest BCUT2D eigenvalue weighted by Crippen LogP contribution is -2.18. The van der Waals surface area contributed by atoms with Gasteiger partial charge in [0.15, 0.2) is 0 Å². The number of amides is 1. The summed E-state index contributed by atoms with van der Waals surface area (Å²) in [6.07, 6.45) is 8.92. The van der Waals surface area contributed by atoms with Crippen LogP contribution in [0.2, 0.25) is 0 Å². The van der Waals surface area contributed by atoms with Crippen molar-refractivity contribution < 1.29 is 9.21 Å². The molecule has 1 aliphatic carbocycles. The van der Waals surface area contributed by atoms with E-state index in [1.54, 1.807) is 24.0 Å². The zero-order chi connectivity index (χ0) is 19.2. The van der Waals surface area contributed by atoms with Gasteiger partial charge in [-0.25, -0.2) is 14.6 Å². The van der Waals surface area contributed by atoms with Crippen molar-refractivity contribution in [2.24, 2.45) is 0 Å². The maximum atomic E-state index is 13.0. The Bertz CT molecular complexity index is 1060. The summed E-state index contributed by atoms with van der Waals surface area (Å²) in [6, 6.07) is 0. The summed E-state index contributed by atoms with van der Waals surface area (Å²) in [5.41, 5.74) is 2.44. The van der Waals surface area contributed by atoms with Gasteiger partial charge < -0.3 is 15.1 Å². The zero-order valence-electron chi connectivity index (χ0n) is 15.8. The average Bonchev–Trinajstić information content (AvgIpc) is 3.05. The van der Waals surface area contributed by atoms with Gasteiger partial charge in [-0.2, -0.15) is 5.10 Å². The van der Waals surface area contributed by atoms with Gasteiger partial charge >= 0.3 is 0 Å². The second-order valence-electron chi connectivity index (χ2n) is 7.18. The van der Waals surface area contributed by atoms with Crippen molar-refractivity contribution in [1.82, 2.24) is 19.7 Å². The Kier molecular flexibility index (Phi) is 3.98. The van der Waals surface area contributed by atoms with Gasteiger partial charge in [0.25, 0.3) is 5.91 Å². The largest absolute Gasteiger partial charge is 0.442 e. The third-order valence-corrected chi connectivity index (χ3v) is 4.93. The van der Waals surface area contributed by atoms with Crippen molar-refractivity contribution in [3.8, 4) is 0 Å². The van der Waals surface area contributed by atoms with E-state index in [0.717, 1.165) is 18.5 Å². The molecule has 1 saturated carbocycles. The monoisotopic (exact) mass is 366 g/mol. The number of hydrogen-bond acceptors (Lipinski definition) is 6. The molecule has 8 heteroatoms. The number of anilines is 2. The maximum absolute atomic E-state index is 13.0. The molecule has 0 atom stereocenters. The molecule has 0 unspecified atom stereocenters. The Morgan fingerprint density at radius 3 is 2.85 bits per heavy atom. The minimum absolute atomic E-state index is 0.0192. The van der Waals surface area contributed by atoms with Crippen LogP contribution in [0.3, 0.4) is 0 Å². The normalized spacial score (nSPS) is 15.8. The molecule has 3 heterocycles. The molecule has 0 aliphatic heterocycles. The molecule has 27 heavy (non-hydrogen) atoms. The number of aryl methyl sites for hydroxylation is 1. The van der Waals surface area contributed by atoms with Crippen LogP contribution < -0.4 is 10.6 Å². The van der Waals surface area contributed by atoms with Gasteiger partial charge in [0.2, 0.25) is 5.71 Å². The number of fused-ring (bicyclic) bond motifs is 1. The molecular weight excluding hydrogens is 344 g/mol. The quantitative estimate of drug-likeness (QED) is 0.712. The third kappa shape index (κ3) is 3.18. The zero-order valence-corrected chi connectivity index (χ0v) is 15.8. The first kappa shape index (κ1) is 17.3. The number of rotatable bonds is 5. The molecule has 0 bridgehead atoms. The molecule has 4 rings (SSSR count). The van der Waals surface area contributed by atoms with Crippen molar-refractivity contribution in [1.29, 1.82) is 0 Å². The summed E-state index contributed by atoms with van der Waals surface area (Å²) < 4.78 is 7.42. The molecule has 8 nitrogen and oxygen atoms in total. The molecule has 0 radical (unpaired) electrons. The van der Waals surface area contributed by atoms with E-state index < -0.39 is 0 Å². The Morgan fingerprint density at radius 1 is 1.37 bits per heavy atom. The van der Waals surface area contributed by atoms with Gasteiger partial charge in [-0.05, 0) is 40.5 Å². The number of aromatic nitrogens is 4. The summed E-state index contributed by atoms with van der Waals surface area (Å²) in [6.45, 7) is 7.77. The van der Waals surface area contributed by atoms with Crippen molar-refractivity contribution >= 4 is 34.2 Å². The summed E-state index contributed by atoms with van der Waals surface area (Å²) in [7, 11) is 0. The number of nitrogens with zero attached hydrogens (tertiary/aromatic N) is 4. The first-order valence-corrected chi connectivity index (χ1v) is 8.92. The summed E-state index contributed by atoms with van der Waals surface area (Å²) in [4.78, 5) is 21.5. The van der Waals surface area contributed by atoms with Crippen molar-refractivity contribution in [2.75, 3.05) is 10.6 Å². The van der Waals surface area contributed by atoms with Crippen LogP contribution in [0.5, 0.6) is 0 Å². The fraction of sp³-hybridized carbons (Fsp3) is 0.368. The first-order chi connectivity index (χ1) is 12.9. The van der Waals surface area contributed by atoms with E-state index in [0.29, 0.717) is 33.9 Å². The molecule has 0 spiro atoms. The molecular formula is C19H22N6O2. The van der Waals surface area contributed by atoms with Gasteiger partial charge in [0.05, 0.1) is 29.0 Å². The SMILES string of the molecule is C/C=C(\C)n1cc(NC(=O)c2c(C)oc3ncnc(NC4(C)CC4)c23)cn1. The van der Waals surface area contributed by atoms with Crippen LogP contribution in [0.1, 0.15) is 49.7 Å². The predicted octanol–water partition coefficient (Wildman–Crippen LogP) is 3.83. The van der Waals surface area contributed by atoms with Gasteiger partial charge in [-0.3, -0.25) is 4.79 Å². The highest BCUT2D eigenvalue weighted by molar-refractivity contribution is 6.15. The first-order valence-electron chi connectivity index (χ1n) is 8.92. The number of furan rings is 1. The molecule has 140 valence electrons. The minimum Gasteiger partial charge on any atom is -0.442 e. The smallest absolute Gasteiger partial charge is 0.260 e. The van der Waals surface area contributed by atoms with Crippen LogP contribution in [0.4, 0.5) is 11.5 Å². The lowest BCUT2D eigenvalue weighted by Gasteiger charge is -2.13. The number of nitrogens with one attached hydrogen (secondary N) is 2. The van der Waals surface area contributed by atoms with Crippen molar-refractivity contribution in [3.63, 3.8) is 0 Å². The van der Waals surface area contributed by atoms with Gasteiger partial charge in [-0.1, -0.05) is 6.08 Å². The third-order valence-electron chi connectivity index (χ3n) is 4.93. The molecule has 2 N–H and O–H groups in total.